The van der Waals surface area contributed by atoms with Crippen molar-refractivity contribution >= 4 is 11.5 Å². The lowest BCUT2D eigenvalue weighted by molar-refractivity contribution is -0.139. The van der Waals surface area contributed by atoms with Gasteiger partial charge in [0.25, 0.3) is 0 Å². The number of unbranched alkanes of at least 4 members (excludes halogenated alkanes) is 1. The van der Waals surface area contributed by atoms with Crippen LogP contribution in [0.5, 0.6) is 0 Å². The molecule has 0 spiro atoms. The van der Waals surface area contributed by atoms with Gasteiger partial charge in [0.15, 0.2) is 0 Å². The Morgan fingerprint density at radius 2 is 2.00 bits per heavy atom. The van der Waals surface area contributed by atoms with Crippen LogP contribution in [0.1, 0.15) is 31.7 Å². The minimum Gasteiger partial charge on any atom is -0.481 e. The third-order valence-electron chi connectivity index (χ3n) is 2.71. The molecule has 0 fully saturated rings. The zero-order valence-electron chi connectivity index (χ0n) is 9.65. The van der Waals surface area contributed by atoms with Crippen molar-refractivity contribution in [2.24, 2.45) is 5.92 Å². The van der Waals surface area contributed by atoms with E-state index in [0.29, 0.717) is 12.0 Å². The SMILES string of the molecule is C=C(c1ccccc1)C(CCCC)C(=O)O. The average Bonchev–Trinajstić information content (AvgIpc) is 2.30. The maximum atomic E-state index is 11.2. The minimum absolute atomic E-state index is 0.456. The second kappa shape index (κ2) is 6.11. The number of carboxylic acid groups (broad SMARTS) is 1. The molecule has 0 heterocycles. The molecule has 0 aliphatic carbocycles. The fourth-order valence-corrected chi connectivity index (χ4v) is 1.71. The fourth-order valence-electron chi connectivity index (χ4n) is 1.71. The number of carboxylic acids is 1. The molecule has 86 valence electrons. The summed E-state index contributed by atoms with van der Waals surface area (Å²) in [7, 11) is 0. The number of rotatable bonds is 6. The maximum Gasteiger partial charge on any atom is 0.310 e. The van der Waals surface area contributed by atoms with Gasteiger partial charge < -0.3 is 5.11 Å². The quantitative estimate of drug-likeness (QED) is 0.792. The monoisotopic (exact) mass is 218 g/mol. The van der Waals surface area contributed by atoms with Crippen LogP contribution in [0.25, 0.3) is 5.57 Å². The Labute approximate surface area is 96.6 Å². The number of aliphatic carboxylic acids is 1. The summed E-state index contributed by atoms with van der Waals surface area (Å²) < 4.78 is 0. The molecule has 1 rings (SSSR count). The average molecular weight is 218 g/mol. The smallest absolute Gasteiger partial charge is 0.310 e. The van der Waals surface area contributed by atoms with E-state index in [2.05, 4.69) is 13.5 Å². The van der Waals surface area contributed by atoms with E-state index < -0.39 is 11.9 Å². The van der Waals surface area contributed by atoms with Gasteiger partial charge in [-0.15, -0.1) is 0 Å². The normalized spacial score (nSPS) is 12.1. The highest BCUT2D eigenvalue weighted by Crippen LogP contribution is 2.26. The van der Waals surface area contributed by atoms with Crippen molar-refractivity contribution in [1.29, 1.82) is 0 Å². The number of benzene rings is 1. The van der Waals surface area contributed by atoms with Crippen LogP contribution < -0.4 is 0 Å². The molecule has 2 heteroatoms. The van der Waals surface area contributed by atoms with Crippen molar-refractivity contribution in [2.45, 2.75) is 26.2 Å². The maximum absolute atomic E-state index is 11.2. The predicted octanol–water partition coefficient (Wildman–Crippen LogP) is 3.59. The summed E-state index contributed by atoms with van der Waals surface area (Å²) in [5.41, 5.74) is 1.63. The van der Waals surface area contributed by atoms with Crippen molar-refractivity contribution in [3.8, 4) is 0 Å². The first-order valence-corrected chi connectivity index (χ1v) is 5.63. The fraction of sp³-hybridized carbons (Fsp3) is 0.357. The van der Waals surface area contributed by atoms with Gasteiger partial charge in [0.05, 0.1) is 5.92 Å². The lowest BCUT2D eigenvalue weighted by atomic mass is 9.90. The number of carbonyl (C=O) groups is 1. The van der Waals surface area contributed by atoms with Gasteiger partial charge in [-0.3, -0.25) is 4.79 Å². The molecular formula is C14H18O2. The first-order chi connectivity index (χ1) is 7.66. The van der Waals surface area contributed by atoms with E-state index in [1.165, 1.54) is 0 Å². The molecule has 0 aliphatic rings. The van der Waals surface area contributed by atoms with Gasteiger partial charge in [-0.2, -0.15) is 0 Å². The molecule has 1 aromatic carbocycles. The lowest BCUT2D eigenvalue weighted by Gasteiger charge is -2.15. The second-order valence-electron chi connectivity index (χ2n) is 3.92. The number of hydrogen-bond donors (Lipinski definition) is 1. The van der Waals surface area contributed by atoms with E-state index in [1.54, 1.807) is 0 Å². The Hall–Kier alpha value is -1.57. The molecule has 0 saturated carbocycles. The zero-order valence-corrected chi connectivity index (χ0v) is 9.65. The number of hydrogen-bond acceptors (Lipinski definition) is 1. The van der Waals surface area contributed by atoms with Gasteiger partial charge in [0, 0.05) is 0 Å². The van der Waals surface area contributed by atoms with Gasteiger partial charge in [0.2, 0.25) is 0 Å². The molecule has 1 N–H and O–H groups in total. The van der Waals surface area contributed by atoms with Gasteiger partial charge >= 0.3 is 5.97 Å². The van der Waals surface area contributed by atoms with Crippen LogP contribution in [0.15, 0.2) is 36.9 Å². The van der Waals surface area contributed by atoms with E-state index in [1.807, 2.05) is 30.3 Å². The van der Waals surface area contributed by atoms with E-state index in [0.717, 1.165) is 18.4 Å². The van der Waals surface area contributed by atoms with Crippen LogP contribution in [-0.4, -0.2) is 11.1 Å². The summed E-state index contributed by atoms with van der Waals surface area (Å²) in [6.45, 7) is 5.98. The van der Waals surface area contributed by atoms with Gasteiger partial charge in [-0.05, 0) is 17.6 Å². The molecule has 0 bridgehead atoms. The van der Waals surface area contributed by atoms with Crippen molar-refractivity contribution < 1.29 is 9.90 Å². The topological polar surface area (TPSA) is 37.3 Å². The molecule has 16 heavy (non-hydrogen) atoms. The summed E-state index contributed by atoms with van der Waals surface area (Å²) in [5, 5.41) is 9.17. The highest BCUT2D eigenvalue weighted by Gasteiger charge is 2.20. The second-order valence-corrected chi connectivity index (χ2v) is 3.92. The summed E-state index contributed by atoms with van der Waals surface area (Å²) in [6.07, 6.45) is 2.59. The summed E-state index contributed by atoms with van der Waals surface area (Å²) in [6, 6.07) is 9.53. The first-order valence-electron chi connectivity index (χ1n) is 5.63. The Morgan fingerprint density at radius 3 is 2.50 bits per heavy atom. The molecular weight excluding hydrogens is 200 g/mol. The van der Waals surface area contributed by atoms with Crippen LogP contribution in [0.2, 0.25) is 0 Å². The standard InChI is InChI=1S/C14H18O2/c1-3-4-10-13(14(15)16)11(2)12-8-6-5-7-9-12/h5-9,13H,2-4,10H2,1H3,(H,15,16). The van der Waals surface area contributed by atoms with Gasteiger partial charge in [0.1, 0.15) is 0 Å². The minimum atomic E-state index is -0.776. The Kier molecular flexibility index (Phi) is 4.77. The third kappa shape index (κ3) is 3.23. The van der Waals surface area contributed by atoms with Gasteiger partial charge in [-0.1, -0.05) is 56.7 Å². The van der Waals surface area contributed by atoms with Crippen LogP contribution in [0.3, 0.4) is 0 Å². The lowest BCUT2D eigenvalue weighted by Crippen LogP contribution is -2.15. The summed E-state index contributed by atoms with van der Waals surface area (Å²) >= 11 is 0. The molecule has 1 aromatic rings. The van der Waals surface area contributed by atoms with Crippen LogP contribution in [0, 0.1) is 5.92 Å². The Morgan fingerprint density at radius 1 is 1.38 bits per heavy atom. The third-order valence-corrected chi connectivity index (χ3v) is 2.71. The van der Waals surface area contributed by atoms with Crippen molar-refractivity contribution in [1.82, 2.24) is 0 Å². The molecule has 1 unspecified atom stereocenters. The Balaban J connectivity index is 2.79. The predicted molar refractivity (Wildman–Crippen MR) is 66.1 cm³/mol. The van der Waals surface area contributed by atoms with Crippen LogP contribution in [-0.2, 0) is 4.79 Å². The molecule has 0 aliphatic heterocycles. The summed E-state index contributed by atoms with van der Waals surface area (Å²) in [5.74, 6) is -1.23. The van der Waals surface area contributed by atoms with E-state index in [9.17, 15) is 9.90 Å². The van der Waals surface area contributed by atoms with E-state index >= 15 is 0 Å². The van der Waals surface area contributed by atoms with Crippen molar-refractivity contribution in [2.75, 3.05) is 0 Å². The van der Waals surface area contributed by atoms with Crippen LogP contribution in [0.4, 0.5) is 0 Å². The first kappa shape index (κ1) is 12.5. The van der Waals surface area contributed by atoms with E-state index in [4.69, 9.17) is 0 Å². The van der Waals surface area contributed by atoms with Crippen molar-refractivity contribution in [3.63, 3.8) is 0 Å². The van der Waals surface area contributed by atoms with Gasteiger partial charge in [-0.25, -0.2) is 0 Å². The molecule has 0 amide bonds. The molecule has 2 nitrogen and oxygen atoms in total. The highest BCUT2D eigenvalue weighted by atomic mass is 16.4. The molecule has 0 aromatic heterocycles. The van der Waals surface area contributed by atoms with E-state index in [-0.39, 0.29) is 0 Å². The summed E-state index contributed by atoms with van der Waals surface area (Å²) in [4.78, 5) is 11.2. The molecule has 1 atom stereocenters. The van der Waals surface area contributed by atoms with Crippen molar-refractivity contribution in [3.05, 3.63) is 42.5 Å². The largest absolute Gasteiger partial charge is 0.481 e. The van der Waals surface area contributed by atoms with Crippen LogP contribution >= 0.6 is 0 Å². The highest BCUT2D eigenvalue weighted by molar-refractivity contribution is 5.86. The molecule has 0 saturated heterocycles. The Bertz CT molecular complexity index is 354. The zero-order chi connectivity index (χ0) is 12.0. The molecule has 0 radical (unpaired) electrons.